The number of likely N-dealkylation sites (N-methyl/N-ethyl adjacent to an activating group) is 1. The van der Waals surface area contributed by atoms with E-state index < -0.39 is 30.1 Å². The lowest BCUT2D eigenvalue weighted by molar-refractivity contribution is -0.142. The van der Waals surface area contributed by atoms with Gasteiger partial charge in [0.05, 0.1) is 0 Å². The smallest absolute Gasteiger partial charge is 0.407 e. The quantitative estimate of drug-likeness (QED) is 0.272. The van der Waals surface area contributed by atoms with Gasteiger partial charge < -0.3 is 20.5 Å². The lowest BCUT2D eigenvalue weighted by Crippen LogP contribution is -2.55. The number of fused-ring (bicyclic) bond motifs is 3. The predicted octanol–water partition coefficient (Wildman–Crippen LogP) is 5.03. The van der Waals surface area contributed by atoms with E-state index in [4.69, 9.17) is 4.74 Å². The number of carboxylic acid groups (broad SMARTS) is 1. The molecule has 0 spiro atoms. The molecule has 0 radical (unpaired) electrons. The maximum Gasteiger partial charge on any atom is 0.407 e. The summed E-state index contributed by atoms with van der Waals surface area (Å²) in [7, 11) is 1.85. The normalized spacial score (nSPS) is 13.8. The molecule has 3 N–H and O–H groups in total. The van der Waals surface area contributed by atoms with Crippen LogP contribution < -0.4 is 10.6 Å². The van der Waals surface area contributed by atoms with Gasteiger partial charge in [0.15, 0.2) is 0 Å². The third-order valence-electron chi connectivity index (χ3n) is 7.39. The molecule has 41 heavy (non-hydrogen) atoms. The largest absolute Gasteiger partial charge is 0.480 e. The molecule has 8 nitrogen and oxygen atoms in total. The highest BCUT2D eigenvalue weighted by Gasteiger charge is 2.31. The second kappa shape index (κ2) is 13.9. The summed E-state index contributed by atoms with van der Waals surface area (Å²) < 4.78 is 5.69. The third-order valence-corrected chi connectivity index (χ3v) is 7.39. The molecule has 3 aromatic rings. The summed E-state index contributed by atoms with van der Waals surface area (Å²) in [5.41, 5.74) is 5.48. The Hall–Kier alpha value is -4.17. The van der Waals surface area contributed by atoms with Crippen molar-refractivity contribution < 1.29 is 24.2 Å². The zero-order chi connectivity index (χ0) is 29.4. The Morgan fingerprint density at radius 3 is 2.00 bits per heavy atom. The Kier molecular flexibility index (Phi) is 10.1. The van der Waals surface area contributed by atoms with E-state index in [-0.39, 0.29) is 19.1 Å². The second-order valence-corrected chi connectivity index (χ2v) is 11.1. The van der Waals surface area contributed by atoms with Crippen molar-refractivity contribution in [3.05, 3.63) is 95.6 Å². The van der Waals surface area contributed by atoms with Crippen molar-refractivity contribution in [3.8, 4) is 11.1 Å². The van der Waals surface area contributed by atoms with Crippen molar-refractivity contribution >= 4 is 18.0 Å². The van der Waals surface area contributed by atoms with Gasteiger partial charge in [0.2, 0.25) is 5.91 Å². The van der Waals surface area contributed by atoms with Crippen molar-refractivity contribution in [2.24, 2.45) is 5.92 Å². The van der Waals surface area contributed by atoms with Gasteiger partial charge in [-0.2, -0.15) is 0 Å². The number of carboxylic acids is 1. The Labute approximate surface area is 241 Å². The summed E-state index contributed by atoms with van der Waals surface area (Å²) >= 11 is 0. The fourth-order valence-electron chi connectivity index (χ4n) is 5.28. The Balaban J connectivity index is 1.44. The van der Waals surface area contributed by atoms with Crippen LogP contribution in [-0.2, 0) is 20.9 Å². The van der Waals surface area contributed by atoms with Crippen molar-refractivity contribution in [2.45, 2.75) is 51.2 Å². The van der Waals surface area contributed by atoms with Crippen LogP contribution in [0.2, 0.25) is 0 Å². The van der Waals surface area contributed by atoms with Crippen molar-refractivity contribution in [2.75, 3.05) is 20.2 Å². The van der Waals surface area contributed by atoms with E-state index in [1.54, 1.807) is 0 Å². The van der Waals surface area contributed by atoms with Gasteiger partial charge in [0.25, 0.3) is 0 Å². The minimum absolute atomic E-state index is 0.111. The van der Waals surface area contributed by atoms with Crippen LogP contribution in [0.15, 0.2) is 78.9 Å². The van der Waals surface area contributed by atoms with E-state index in [1.165, 1.54) is 0 Å². The average molecular weight is 558 g/mol. The molecule has 0 heterocycles. The molecule has 0 bridgehead atoms. The number of carbonyl (C=O) groups excluding carboxylic acids is 2. The zero-order valence-corrected chi connectivity index (χ0v) is 23.9. The SMILES string of the molecule is CC(C)CCC(NC(=O)C(CN(C)Cc1ccccc1)NC(=O)OCC1c2ccccc2-c2ccccc21)C(=O)O. The molecule has 0 aromatic heterocycles. The first-order valence-electron chi connectivity index (χ1n) is 14.1. The third kappa shape index (κ3) is 7.95. The van der Waals surface area contributed by atoms with E-state index in [0.717, 1.165) is 27.8 Å². The summed E-state index contributed by atoms with van der Waals surface area (Å²) in [6.45, 7) is 4.83. The van der Waals surface area contributed by atoms with Gasteiger partial charge in [0, 0.05) is 19.0 Å². The van der Waals surface area contributed by atoms with Crippen LogP contribution in [0, 0.1) is 5.92 Å². The van der Waals surface area contributed by atoms with Gasteiger partial charge in [-0.1, -0.05) is 92.7 Å². The topological polar surface area (TPSA) is 108 Å². The summed E-state index contributed by atoms with van der Waals surface area (Å²) in [4.78, 5) is 40.2. The monoisotopic (exact) mass is 557 g/mol. The van der Waals surface area contributed by atoms with Crippen LogP contribution in [0.5, 0.6) is 0 Å². The van der Waals surface area contributed by atoms with E-state index in [1.807, 2.05) is 92.5 Å². The highest BCUT2D eigenvalue weighted by molar-refractivity contribution is 5.89. The number of amides is 2. The molecule has 0 fully saturated rings. The number of hydrogen-bond donors (Lipinski definition) is 3. The minimum atomic E-state index is -1.10. The van der Waals surface area contributed by atoms with Crippen molar-refractivity contribution in [1.29, 1.82) is 0 Å². The van der Waals surface area contributed by atoms with Crippen molar-refractivity contribution in [3.63, 3.8) is 0 Å². The standard InChI is InChI=1S/C33H39N3O5/c1-22(2)17-18-29(32(38)39)34-31(37)30(20-36(3)19-23-11-5-4-6-12-23)35-33(40)41-21-28-26-15-9-7-13-24(26)25-14-8-10-16-27(25)28/h4-16,22,28-30H,17-21H2,1-3H3,(H,34,37)(H,35,40)(H,38,39). The van der Waals surface area contributed by atoms with Crippen molar-refractivity contribution in [1.82, 2.24) is 15.5 Å². The van der Waals surface area contributed by atoms with Gasteiger partial charge in [-0.05, 0) is 53.6 Å². The Bertz CT molecular complexity index is 1300. The van der Waals surface area contributed by atoms with Gasteiger partial charge in [0.1, 0.15) is 18.7 Å². The molecule has 0 aliphatic heterocycles. The molecule has 216 valence electrons. The zero-order valence-electron chi connectivity index (χ0n) is 23.9. The number of aliphatic carboxylic acids is 1. The molecule has 0 saturated carbocycles. The molecule has 8 heteroatoms. The molecule has 2 atom stereocenters. The summed E-state index contributed by atoms with van der Waals surface area (Å²) in [6, 6.07) is 23.9. The number of nitrogens with zero attached hydrogens (tertiary/aromatic N) is 1. The molecule has 1 aliphatic carbocycles. The number of carbonyl (C=O) groups is 3. The number of hydrogen-bond acceptors (Lipinski definition) is 5. The summed E-state index contributed by atoms with van der Waals surface area (Å²) in [6.07, 6.45) is 0.223. The van der Waals surface area contributed by atoms with Crippen LogP contribution in [0.4, 0.5) is 4.79 Å². The van der Waals surface area contributed by atoms with E-state index in [2.05, 4.69) is 22.8 Å². The van der Waals surface area contributed by atoms with Crippen LogP contribution in [0.1, 0.15) is 49.3 Å². The number of alkyl carbamates (subject to hydrolysis) is 1. The fourth-order valence-corrected chi connectivity index (χ4v) is 5.28. The molecule has 3 aromatic carbocycles. The minimum Gasteiger partial charge on any atom is -0.480 e. The first-order chi connectivity index (χ1) is 19.7. The Morgan fingerprint density at radius 2 is 1.41 bits per heavy atom. The molecular formula is C33H39N3O5. The first-order valence-corrected chi connectivity index (χ1v) is 14.1. The highest BCUT2D eigenvalue weighted by atomic mass is 16.5. The van der Waals surface area contributed by atoms with Crippen LogP contribution in [0.3, 0.4) is 0 Å². The number of nitrogens with one attached hydrogen (secondary N) is 2. The first kappa shape index (κ1) is 29.8. The Morgan fingerprint density at radius 1 is 0.829 bits per heavy atom. The lowest BCUT2D eigenvalue weighted by Gasteiger charge is -2.26. The van der Waals surface area contributed by atoms with Gasteiger partial charge >= 0.3 is 12.1 Å². The molecule has 0 saturated heterocycles. The predicted molar refractivity (Wildman–Crippen MR) is 158 cm³/mol. The number of rotatable bonds is 13. The van der Waals surface area contributed by atoms with Crippen LogP contribution in [-0.4, -0.2) is 60.3 Å². The summed E-state index contributed by atoms with van der Waals surface area (Å²) in [5.74, 6) is -1.49. The van der Waals surface area contributed by atoms with Gasteiger partial charge in [-0.3, -0.25) is 9.69 Å². The molecular weight excluding hydrogens is 518 g/mol. The average Bonchev–Trinajstić information content (AvgIpc) is 3.27. The van der Waals surface area contributed by atoms with Crippen LogP contribution in [0.25, 0.3) is 11.1 Å². The van der Waals surface area contributed by atoms with Gasteiger partial charge in [-0.15, -0.1) is 0 Å². The number of benzene rings is 3. The van der Waals surface area contributed by atoms with Gasteiger partial charge in [-0.25, -0.2) is 9.59 Å². The highest BCUT2D eigenvalue weighted by Crippen LogP contribution is 2.44. The summed E-state index contributed by atoms with van der Waals surface area (Å²) in [5, 5.41) is 15.0. The molecule has 1 aliphatic rings. The molecule has 2 amide bonds. The molecule has 2 unspecified atom stereocenters. The van der Waals surface area contributed by atoms with Crippen LogP contribution >= 0.6 is 0 Å². The van der Waals surface area contributed by atoms with E-state index in [0.29, 0.717) is 25.3 Å². The van der Waals surface area contributed by atoms with E-state index in [9.17, 15) is 19.5 Å². The molecule has 4 rings (SSSR count). The lowest BCUT2D eigenvalue weighted by atomic mass is 9.98. The second-order valence-electron chi connectivity index (χ2n) is 11.1. The maximum atomic E-state index is 13.3. The number of ether oxygens (including phenoxy) is 1. The maximum absolute atomic E-state index is 13.3. The van der Waals surface area contributed by atoms with E-state index >= 15 is 0 Å². The fraction of sp³-hybridized carbons (Fsp3) is 0.364.